The highest BCUT2D eigenvalue weighted by molar-refractivity contribution is 5.96. The van der Waals surface area contributed by atoms with Crippen LogP contribution in [0.15, 0.2) is 48.5 Å². The third kappa shape index (κ3) is 5.42. The first-order valence-electron chi connectivity index (χ1n) is 9.69. The summed E-state index contributed by atoms with van der Waals surface area (Å²) in [5.41, 5.74) is 3.20. The predicted molar refractivity (Wildman–Crippen MR) is 115 cm³/mol. The fourth-order valence-electron chi connectivity index (χ4n) is 3.20. The lowest BCUT2D eigenvalue weighted by molar-refractivity contribution is -0.114. The number of nitrogens with one attached hydrogen (secondary N) is 2. The Morgan fingerprint density at radius 1 is 1.10 bits per heavy atom. The van der Waals surface area contributed by atoms with Gasteiger partial charge in [-0.1, -0.05) is 18.2 Å². The molecular weight excluding hydrogens is 366 g/mol. The van der Waals surface area contributed by atoms with Crippen LogP contribution in [0, 0.1) is 0 Å². The summed E-state index contributed by atoms with van der Waals surface area (Å²) in [6.45, 7) is 3.68. The van der Waals surface area contributed by atoms with E-state index < -0.39 is 0 Å². The molecule has 0 atom stereocenters. The van der Waals surface area contributed by atoms with E-state index in [1.165, 1.54) is 6.92 Å². The first-order chi connectivity index (χ1) is 13.9. The van der Waals surface area contributed by atoms with E-state index in [-0.39, 0.29) is 11.8 Å². The van der Waals surface area contributed by atoms with E-state index in [0.717, 1.165) is 29.9 Å². The number of amides is 2. The van der Waals surface area contributed by atoms with Gasteiger partial charge >= 0.3 is 0 Å². The summed E-state index contributed by atoms with van der Waals surface area (Å²) in [5.74, 6) is 0.618. The van der Waals surface area contributed by atoms with Crippen molar-refractivity contribution in [2.45, 2.75) is 19.9 Å². The third-order valence-electron chi connectivity index (χ3n) is 4.58. The molecule has 3 aromatic rings. The van der Waals surface area contributed by atoms with Gasteiger partial charge in [-0.2, -0.15) is 0 Å². The highest BCUT2D eigenvalue weighted by Crippen LogP contribution is 2.16. The molecule has 152 valence electrons. The van der Waals surface area contributed by atoms with Gasteiger partial charge in [-0.05, 0) is 44.4 Å². The van der Waals surface area contributed by atoms with E-state index in [1.54, 1.807) is 24.3 Å². The molecule has 0 fully saturated rings. The Bertz CT molecular complexity index is 1010. The zero-order valence-corrected chi connectivity index (χ0v) is 17.1. The van der Waals surface area contributed by atoms with Gasteiger partial charge in [0.05, 0.1) is 11.0 Å². The topological polar surface area (TPSA) is 79.3 Å². The highest BCUT2D eigenvalue weighted by Gasteiger charge is 2.12. The van der Waals surface area contributed by atoms with Crippen LogP contribution in [0.3, 0.4) is 0 Å². The molecule has 7 heteroatoms. The second-order valence-corrected chi connectivity index (χ2v) is 7.24. The van der Waals surface area contributed by atoms with Crippen molar-refractivity contribution < 1.29 is 9.59 Å². The molecule has 2 N–H and O–H groups in total. The number of carbonyl (C=O) groups excluding carboxylic acids is 2. The zero-order valence-electron chi connectivity index (χ0n) is 17.1. The summed E-state index contributed by atoms with van der Waals surface area (Å²) in [7, 11) is 4.10. The van der Waals surface area contributed by atoms with Gasteiger partial charge in [-0.25, -0.2) is 4.98 Å². The fraction of sp³-hybridized carbons (Fsp3) is 0.318. The molecule has 0 spiro atoms. The van der Waals surface area contributed by atoms with E-state index >= 15 is 0 Å². The number of anilines is 1. The summed E-state index contributed by atoms with van der Waals surface area (Å²) in [6, 6.07) is 15.0. The second-order valence-electron chi connectivity index (χ2n) is 7.24. The van der Waals surface area contributed by atoms with Crippen LogP contribution in [0.5, 0.6) is 0 Å². The first-order valence-corrected chi connectivity index (χ1v) is 9.69. The Labute approximate surface area is 170 Å². The molecule has 0 saturated carbocycles. The number of carbonyl (C=O) groups is 2. The molecule has 0 bridgehead atoms. The molecule has 0 aliphatic rings. The number of fused-ring (bicyclic) bond motifs is 1. The predicted octanol–water partition coefficient (Wildman–Crippen LogP) is 2.53. The lowest BCUT2D eigenvalue weighted by atomic mass is 10.2. The smallest absolute Gasteiger partial charge is 0.251 e. The molecular formula is C22H27N5O2. The number of rotatable bonds is 8. The molecule has 7 nitrogen and oxygen atoms in total. The number of aromatic nitrogens is 2. The number of likely N-dealkylation sites (N-methyl/N-ethyl adjacent to an activating group) is 1. The molecule has 2 amide bonds. The maximum Gasteiger partial charge on any atom is 0.251 e. The van der Waals surface area contributed by atoms with Crippen LogP contribution in [0.2, 0.25) is 0 Å². The SMILES string of the molecule is CC(=O)Nc1cccc(C(=O)NCCc2nc3ccccc3n2CCN(C)C)c1. The summed E-state index contributed by atoms with van der Waals surface area (Å²) in [5, 5.41) is 5.64. The summed E-state index contributed by atoms with van der Waals surface area (Å²) >= 11 is 0. The van der Waals surface area contributed by atoms with Gasteiger partial charge in [0, 0.05) is 44.2 Å². The van der Waals surface area contributed by atoms with Crippen molar-refractivity contribution in [1.29, 1.82) is 0 Å². The highest BCUT2D eigenvalue weighted by atomic mass is 16.2. The number of benzene rings is 2. The molecule has 0 aliphatic heterocycles. The molecule has 1 heterocycles. The molecule has 3 rings (SSSR count). The lowest BCUT2D eigenvalue weighted by Crippen LogP contribution is -2.27. The van der Waals surface area contributed by atoms with E-state index in [4.69, 9.17) is 4.98 Å². The summed E-state index contributed by atoms with van der Waals surface area (Å²) in [6.07, 6.45) is 0.638. The zero-order chi connectivity index (χ0) is 20.8. The van der Waals surface area contributed by atoms with Crippen molar-refractivity contribution in [3.05, 3.63) is 59.9 Å². The minimum atomic E-state index is -0.173. The van der Waals surface area contributed by atoms with E-state index in [9.17, 15) is 9.59 Å². The maximum atomic E-state index is 12.5. The van der Waals surface area contributed by atoms with E-state index in [0.29, 0.717) is 24.2 Å². The van der Waals surface area contributed by atoms with Crippen molar-refractivity contribution in [2.75, 3.05) is 32.5 Å². The minimum Gasteiger partial charge on any atom is -0.352 e. The fourth-order valence-corrected chi connectivity index (χ4v) is 3.20. The Morgan fingerprint density at radius 3 is 2.66 bits per heavy atom. The number of nitrogens with zero attached hydrogens (tertiary/aromatic N) is 3. The molecule has 0 aliphatic carbocycles. The molecule has 0 saturated heterocycles. The molecule has 1 aromatic heterocycles. The van der Waals surface area contributed by atoms with Crippen LogP contribution in [0.1, 0.15) is 23.1 Å². The van der Waals surface area contributed by atoms with Gasteiger partial charge in [0.15, 0.2) is 0 Å². The van der Waals surface area contributed by atoms with Crippen molar-refractivity contribution in [1.82, 2.24) is 19.8 Å². The van der Waals surface area contributed by atoms with Gasteiger partial charge in [0.25, 0.3) is 5.91 Å². The van der Waals surface area contributed by atoms with Gasteiger partial charge < -0.3 is 20.1 Å². The normalized spacial score (nSPS) is 11.0. The van der Waals surface area contributed by atoms with Crippen LogP contribution >= 0.6 is 0 Å². The molecule has 0 unspecified atom stereocenters. The lowest BCUT2D eigenvalue weighted by Gasteiger charge is -2.13. The van der Waals surface area contributed by atoms with Crippen molar-refractivity contribution in [3.63, 3.8) is 0 Å². The average Bonchev–Trinajstić information content (AvgIpc) is 3.03. The van der Waals surface area contributed by atoms with E-state index in [2.05, 4.69) is 26.2 Å². The van der Waals surface area contributed by atoms with Crippen LogP contribution in [-0.4, -0.2) is 53.5 Å². The third-order valence-corrected chi connectivity index (χ3v) is 4.58. The second kappa shape index (κ2) is 9.34. The van der Waals surface area contributed by atoms with Crippen molar-refractivity contribution >= 4 is 28.5 Å². The Balaban J connectivity index is 1.67. The van der Waals surface area contributed by atoms with Crippen molar-refractivity contribution in [3.8, 4) is 0 Å². The summed E-state index contributed by atoms with van der Waals surface area (Å²) < 4.78 is 2.22. The van der Waals surface area contributed by atoms with Gasteiger partial charge in [-0.15, -0.1) is 0 Å². The van der Waals surface area contributed by atoms with Crippen LogP contribution in [-0.2, 0) is 17.8 Å². The van der Waals surface area contributed by atoms with Crippen molar-refractivity contribution in [2.24, 2.45) is 0 Å². The number of imidazole rings is 1. The quantitative estimate of drug-likeness (QED) is 0.616. The van der Waals surface area contributed by atoms with Crippen LogP contribution < -0.4 is 10.6 Å². The maximum absolute atomic E-state index is 12.5. The monoisotopic (exact) mass is 393 g/mol. The number of para-hydroxylation sites is 2. The molecule has 0 radical (unpaired) electrons. The van der Waals surface area contributed by atoms with E-state index in [1.807, 2.05) is 32.3 Å². The average molecular weight is 393 g/mol. The Hall–Kier alpha value is -3.19. The molecule has 2 aromatic carbocycles. The van der Waals surface area contributed by atoms with Gasteiger partial charge in [0.2, 0.25) is 5.91 Å². The number of hydrogen-bond acceptors (Lipinski definition) is 4. The molecule has 29 heavy (non-hydrogen) atoms. The Morgan fingerprint density at radius 2 is 1.90 bits per heavy atom. The standard InChI is InChI=1S/C22H27N5O2/c1-16(28)24-18-8-6-7-17(15-18)22(29)23-12-11-21-25-19-9-4-5-10-20(19)27(21)14-13-26(2)3/h4-10,15H,11-14H2,1-3H3,(H,23,29)(H,24,28). The number of hydrogen-bond donors (Lipinski definition) is 2. The first kappa shape index (κ1) is 20.5. The van der Waals surface area contributed by atoms with Crippen LogP contribution in [0.25, 0.3) is 11.0 Å². The Kier molecular flexibility index (Phi) is 6.61. The minimum absolute atomic E-state index is 0.167. The van der Waals surface area contributed by atoms with Gasteiger partial charge in [0.1, 0.15) is 5.82 Å². The summed E-state index contributed by atoms with van der Waals surface area (Å²) in [4.78, 5) is 30.6. The largest absolute Gasteiger partial charge is 0.352 e. The van der Waals surface area contributed by atoms with Crippen LogP contribution in [0.4, 0.5) is 5.69 Å². The van der Waals surface area contributed by atoms with Gasteiger partial charge in [-0.3, -0.25) is 9.59 Å².